The fourth-order valence-corrected chi connectivity index (χ4v) is 2.87. The minimum Gasteiger partial charge on any atom is -0.483 e. The third-order valence-corrected chi connectivity index (χ3v) is 4.15. The van der Waals surface area contributed by atoms with Crippen LogP contribution in [0, 0.1) is 13.8 Å². The number of aryl methyl sites for hydroxylation is 2. The topological polar surface area (TPSA) is 50.4 Å². The van der Waals surface area contributed by atoms with Crippen LogP contribution in [0.2, 0.25) is 0 Å². The zero-order valence-corrected chi connectivity index (χ0v) is 14.8. The summed E-state index contributed by atoms with van der Waals surface area (Å²) >= 11 is 0. The average Bonchev–Trinajstić information content (AvgIpc) is 3.00. The van der Waals surface area contributed by atoms with Crippen molar-refractivity contribution in [3.63, 3.8) is 0 Å². The Bertz CT molecular complexity index is 711. The Kier molecular flexibility index (Phi) is 6.23. The van der Waals surface area contributed by atoms with Gasteiger partial charge < -0.3 is 15.4 Å². The van der Waals surface area contributed by atoms with Crippen LogP contribution in [0.4, 0.5) is 0 Å². The standard InChI is InChI=1S/C19H22N2O2.ClH/c1-13-4-3-5-14(2)19(13)23-12-18(22)21-9-15-6-7-16-10-20-11-17(16)8-15;/h3-8,20H,9-12H2,1-2H3,(H,21,22);1H. The van der Waals surface area contributed by atoms with Crippen molar-refractivity contribution in [2.24, 2.45) is 0 Å². The van der Waals surface area contributed by atoms with E-state index < -0.39 is 0 Å². The summed E-state index contributed by atoms with van der Waals surface area (Å²) < 4.78 is 5.67. The summed E-state index contributed by atoms with van der Waals surface area (Å²) in [5, 5.41) is 6.24. The number of hydrogen-bond acceptors (Lipinski definition) is 3. The molecular weight excluding hydrogens is 324 g/mol. The molecule has 3 rings (SSSR count). The molecule has 0 saturated heterocycles. The lowest BCUT2D eigenvalue weighted by atomic mass is 10.1. The van der Waals surface area contributed by atoms with Crippen molar-refractivity contribution in [2.45, 2.75) is 33.5 Å². The van der Waals surface area contributed by atoms with Crippen molar-refractivity contribution in [3.05, 3.63) is 64.2 Å². The maximum Gasteiger partial charge on any atom is 0.258 e. The molecule has 2 aromatic carbocycles. The van der Waals surface area contributed by atoms with Gasteiger partial charge in [-0.1, -0.05) is 36.4 Å². The normalized spacial score (nSPS) is 12.2. The largest absolute Gasteiger partial charge is 0.483 e. The second-order valence-corrected chi connectivity index (χ2v) is 5.99. The summed E-state index contributed by atoms with van der Waals surface area (Å²) in [5.41, 5.74) is 5.88. The predicted molar refractivity (Wildman–Crippen MR) is 97.5 cm³/mol. The first-order valence-electron chi connectivity index (χ1n) is 7.90. The van der Waals surface area contributed by atoms with E-state index in [1.54, 1.807) is 0 Å². The zero-order chi connectivity index (χ0) is 16.2. The molecule has 0 aliphatic carbocycles. The Hall–Kier alpha value is -2.04. The van der Waals surface area contributed by atoms with Crippen LogP contribution >= 0.6 is 12.4 Å². The van der Waals surface area contributed by atoms with E-state index in [1.165, 1.54) is 11.1 Å². The van der Waals surface area contributed by atoms with Gasteiger partial charge in [0.1, 0.15) is 5.75 Å². The molecule has 1 heterocycles. The van der Waals surface area contributed by atoms with Crippen LogP contribution in [0.5, 0.6) is 5.75 Å². The Morgan fingerprint density at radius 2 is 1.83 bits per heavy atom. The number of ether oxygens (including phenoxy) is 1. The number of nitrogens with one attached hydrogen (secondary N) is 2. The molecular formula is C19H23ClN2O2. The third kappa shape index (κ3) is 4.28. The second-order valence-electron chi connectivity index (χ2n) is 5.99. The number of para-hydroxylation sites is 1. The lowest BCUT2D eigenvalue weighted by Crippen LogP contribution is -2.28. The fraction of sp³-hybridized carbons (Fsp3) is 0.316. The number of rotatable bonds is 5. The second kappa shape index (κ2) is 8.18. The van der Waals surface area contributed by atoms with Gasteiger partial charge in [-0.2, -0.15) is 0 Å². The summed E-state index contributed by atoms with van der Waals surface area (Å²) in [5.74, 6) is 0.692. The van der Waals surface area contributed by atoms with Gasteiger partial charge in [0, 0.05) is 19.6 Å². The molecule has 0 bridgehead atoms. The summed E-state index contributed by atoms with van der Waals surface area (Å²) in [4.78, 5) is 12.0. The molecule has 1 aliphatic heterocycles. The van der Waals surface area contributed by atoms with Gasteiger partial charge in [0.25, 0.3) is 5.91 Å². The third-order valence-electron chi connectivity index (χ3n) is 4.15. The fourth-order valence-electron chi connectivity index (χ4n) is 2.87. The minimum atomic E-state index is -0.105. The van der Waals surface area contributed by atoms with Crippen LogP contribution < -0.4 is 15.4 Å². The van der Waals surface area contributed by atoms with Gasteiger partial charge in [0.15, 0.2) is 6.61 Å². The Morgan fingerprint density at radius 3 is 2.58 bits per heavy atom. The van der Waals surface area contributed by atoms with Crippen LogP contribution in [-0.4, -0.2) is 12.5 Å². The Labute approximate surface area is 149 Å². The number of benzene rings is 2. The molecule has 0 aromatic heterocycles. The summed E-state index contributed by atoms with van der Waals surface area (Å²) in [6.07, 6.45) is 0. The molecule has 5 heteroatoms. The Morgan fingerprint density at radius 1 is 1.12 bits per heavy atom. The van der Waals surface area contributed by atoms with Gasteiger partial charge in [-0.25, -0.2) is 0 Å². The molecule has 0 unspecified atom stereocenters. The molecule has 128 valence electrons. The predicted octanol–water partition coefficient (Wildman–Crippen LogP) is 3.02. The molecule has 24 heavy (non-hydrogen) atoms. The molecule has 0 spiro atoms. The number of carbonyl (C=O) groups is 1. The van der Waals surface area contributed by atoms with E-state index in [0.29, 0.717) is 6.54 Å². The van der Waals surface area contributed by atoms with E-state index in [2.05, 4.69) is 28.8 Å². The quantitative estimate of drug-likeness (QED) is 0.875. The zero-order valence-electron chi connectivity index (χ0n) is 14.0. The molecule has 4 nitrogen and oxygen atoms in total. The minimum absolute atomic E-state index is 0. The molecule has 1 aliphatic rings. The van der Waals surface area contributed by atoms with Gasteiger partial charge in [-0.15, -0.1) is 12.4 Å². The lowest BCUT2D eigenvalue weighted by molar-refractivity contribution is -0.123. The van der Waals surface area contributed by atoms with Gasteiger partial charge in [0.2, 0.25) is 0 Å². The van der Waals surface area contributed by atoms with Crippen LogP contribution in [0.3, 0.4) is 0 Å². The van der Waals surface area contributed by atoms with E-state index >= 15 is 0 Å². The molecule has 0 atom stereocenters. The highest BCUT2D eigenvalue weighted by Gasteiger charge is 2.11. The molecule has 0 radical (unpaired) electrons. The van der Waals surface area contributed by atoms with E-state index in [0.717, 1.165) is 35.5 Å². The summed E-state index contributed by atoms with van der Waals surface area (Å²) in [6.45, 7) is 6.39. The number of amides is 1. The summed E-state index contributed by atoms with van der Waals surface area (Å²) in [6, 6.07) is 12.3. The number of halogens is 1. The van der Waals surface area contributed by atoms with Gasteiger partial charge in [-0.05, 0) is 41.7 Å². The van der Waals surface area contributed by atoms with Crippen molar-refractivity contribution in [1.29, 1.82) is 0 Å². The van der Waals surface area contributed by atoms with Gasteiger partial charge >= 0.3 is 0 Å². The van der Waals surface area contributed by atoms with Crippen molar-refractivity contribution in [1.82, 2.24) is 10.6 Å². The first kappa shape index (κ1) is 18.3. The van der Waals surface area contributed by atoms with E-state index in [9.17, 15) is 4.79 Å². The maximum absolute atomic E-state index is 12.0. The van der Waals surface area contributed by atoms with E-state index in [4.69, 9.17) is 4.74 Å². The van der Waals surface area contributed by atoms with Gasteiger partial charge in [0.05, 0.1) is 0 Å². The lowest BCUT2D eigenvalue weighted by Gasteiger charge is -2.12. The molecule has 0 saturated carbocycles. The monoisotopic (exact) mass is 346 g/mol. The highest BCUT2D eigenvalue weighted by atomic mass is 35.5. The summed E-state index contributed by atoms with van der Waals surface area (Å²) in [7, 11) is 0. The van der Waals surface area contributed by atoms with Crippen LogP contribution in [0.15, 0.2) is 36.4 Å². The van der Waals surface area contributed by atoms with Crippen LogP contribution in [0.25, 0.3) is 0 Å². The van der Waals surface area contributed by atoms with Crippen molar-refractivity contribution in [3.8, 4) is 5.75 Å². The number of hydrogen-bond donors (Lipinski definition) is 2. The number of fused-ring (bicyclic) bond motifs is 1. The highest BCUT2D eigenvalue weighted by molar-refractivity contribution is 5.85. The van der Waals surface area contributed by atoms with Crippen molar-refractivity contribution in [2.75, 3.05) is 6.61 Å². The molecule has 2 aromatic rings. The highest BCUT2D eigenvalue weighted by Crippen LogP contribution is 2.22. The first-order valence-corrected chi connectivity index (χ1v) is 7.90. The van der Waals surface area contributed by atoms with Crippen LogP contribution in [0.1, 0.15) is 27.8 Å². The average molecular weight is 347 g/mol. The first-order chi connectivity index (χ1) is 11.1. The molecule has 2 N–H and O–H groups in total. The van der Waals surface area contributed by atoms with Gasteiger partial charge in [-0.3, -0.25) is 4.79 Å². The van der Waals surface area contributed by atoms with Crippen molar-refractivity contribution >= 4 is 18.3 Å². The molecule has 0 fully saturated rings. The Balaban J connectivity index is 0.00000208. The maximum atomic E-state index is 12.0. The van der Waals surface area contributed by atoms with E-state index in [1.807, 2.05) is 32.0 Å². The smallest absolute Gasteiger partial charge is 0.258 e. The van der Waals surface area contributed by atoms with E-state index in [-0.39, 0.29) is 24.9 Å². The SMILES string of the molecule is Cc1cccc(C)c1OCC(=O)NCc1ccc2c(c1)CNC2.Cl. The van der Waals surface area contributed by atoms with Crippen LogP contribution in [-0.2, 0) is 24.4 Å². The number of carbonyl (C=O) groups excluding carboxylic acids is 1. The molecule has 1 amide bonds. The van der Waals surface area contributed by atoms with Crippen molar-refractivity contribution < 1.29 is 9.53 Å².